The fraction of sp³-hybridized carbons (Fsp3) is 0.875. The van der Waals surface area contributed by atoms with Crippen LogP contribution in [0.3, 0.4) is 0 Å². The van der Waals surface area contributed by atoms with Crippen molar-refractivity contribution >= 4 is 16.2 Å². The maximum atomic E-state index is 11.6. The number of piperazine rings is 1. The molecule has 1 saturated heterocycles. The molecule has 1 fully saturated rings. The van der Waals surface area contributed by atoms with Crippen LogP contribution in [0.4, 0.5) is 4.79 Å². The van der Waals surface area contributed by atoms with E-state index in [1.54, 1.807) is 4.90 Å². The lowest BCUT2D eigenvalue weighted by Crippen LogP contribution is -2.55. The molecule has 16 heavy (non-hydrogen) atoms. The van der Waals surface area contributed by atoms with Crippen LogP contribution in [0.2, 0.25) is 0 Å². The summed E-state index contributed by atoms with van der Waals surface area (Å²) in [5.41, 5.74) is 0. The van der Waals surface area contributed by atoms with E-state index in [1.165, 1.54) is 4.31 Å². The summed E-state index contributed by atoms with van der Waals surface area (Å²) in [4.78, 5) is 13.2. The molecule has 3 N–H and O–H groups in total. The van der Waals surface area contributed by atoms with Crippen molar-refractivity contribution in [2.45, 2.75) is 19.9 Å². The first-order valence-electron chi connectivity index (χ1n) is 5.14. The predicted octanol–water partition coefficient (Wildman–Crippen LogP) is -1.07. The maximum absolute atomic E-state index is 11.6. The molecule has 2 amide bonds. The number of hydrogen-bond donors (Lipinski definition) is 2. The highest BCUT2D eigenvalue weighted by Gasteiger charge is 2.26. The van der Waals surface area contributed by atoms with Gasteiger partial charge in [0.15, 0.2) is 0 Å². The van der Waals surface area contributed by atoms with Crippen molar-refractivity contribution in [1.29, 1.82) is 0 Å². The first-order valence-corrected chi connectivity index (χ1v) is 6.64. The highest BCUT2D eigenvalue weighted by atomic mass is 32.2. The van der Waals surface area contributed by atoms with Gasteiger partial charge in [-0.05, 0) is 13.8 Å². The van der Waals surface area contributed by atoms with Gasteiger partial charge < -0.3 is 10.2 Å². The summed E-state index contributed by atoms with van der Waals surface area (Å²) in [6.07, 6.45) is 0. The van der Waals surface area contributed by atoms with E-state index in [9.17, 15) is 13.2 Å². The summed E-state index contributed by atoms with van der Waals surface area (Å²) in [6.45, 7) is 5.00. The first-order chi connectivity index (χ1) is 7.30. The van der Waals surface area contributed by atoms with Crippen molar-refractivity contribution in [3.05, 3.63) is 0 Å². The molecule has 94 valence electrons. The van der Waals surface area contributed by atoms with Gasteiger partial charge in [0.1, 0.15) is 0 Å². The number of nitrogens with one attached hydrogen (secondary N) is 1. The Morgan fingerprint density at radius 1 is 1.25 bits per heavy atom. The lowest BCUT2D eigenvalue weighted by atomic mass is 10.3. The topological polar surface area (TPSA) is 95.7 Å². The highest BCUT2D eigenvalue weighted by Crippen LogP contribution is 2.04. The summed E-state index contributed by atoms with van der Waals surface area (Å²) < 4.78 is 23.2. The second-order valence-corrected chi connectivity index (χ2v) is 5.58. The minimum absolute atomic E-state index is 0.0729. The number of nitrogens with zero attached hydrogens (tertiary/aromatic N) is 2. The average Bonchev–Trinajstić information content (AvgIpc) is 2.15. The molecule has 1 heterocycles. The third kappa shape index (κ3) is 3.62. The zero-order valence-corrected chi connectivity index (χ0v) is 10.3. The fourth-order valence-electron chi connectivity index (χ4n) is 1.48. The molecule has 0 unspecified atom stereocenters. The van der Waals surface area contributed by atoms with E-state index in [1.807, 2.05) is 13.8 Å². The van der Waals surface area contributed by atoms with Crippen LogP contribution in [0.25, 0.3) is 0 Å². The third-order valence-corrected chi connectivity index (χ3v) is 3.38. The highest BCUT2D eigenvalue weighted by molar-refractivity contribution is 7.86. The molecule has 0 radical (unpaired) electrons. The monoisotopic (exact) mass is 250 g/mol. The predicted molar refractivity (Wildman–Crippen MR) is 59.9 cm³/mol. The summed E-state index contributed by atoms with van der Waals surface area (Å²) in [6, 6.07) is -0.0900. The van der Waals surface area contributed by atoms with Gasteiger partial charge in [-0.15, -0.1) is 0 Å². The van der Waals surface area contributed by atoms with Crippen LogP contribution in [-0.2, 0) is 10.2 Å². The molecule has 1 rings (SSSR count). The lowest BCUT2D eigenvalue weighted by molar-refractivity contribution is 0.170. The number of nitrogens with two attached hydrogens (primary N) is 1. The molecule has 0 aromatic carbocycles. The largest absolute Gasteiger partial charge is 0.336 e. The molecule has 0 bridgehead atoms. The number of urea groups is 1. The Kier molecular flexibility index (Phi) is 4.11. The minimum Gasteiger partial charge on any atom is -0.336 e. The lowest BCUT2D eigenvalue weighted by Gasteiger charge is -2.33. The van der Waals surface area contributed by atoms with Crippen LogP contribution in [0.1, 0.15) is 13.8 Å². The molecule has 1 aliphatic rings. The van der Waals surface area contributed by atoms with Crippen molar-refractivity contribution < 1.29 is 13.2 Å². The van der Waals surface area contributed by atoms with E-state index in [0.717, 1.165) is 0 Å². The number of carbonyl (C=O) groups is 1. The number of carbonyl (C=O) groups excluding carboxylic acids is 1. The second kappa shape index (κ2) is 4.98. The van der Waals surface area contributed by atoms with Crippen molar-refractivity contribution in [3.63, 3.8) is 0 Å². The van der Waals surface area contributed by atoms with E-state index in [-0.39, 0.29) is 25.2 Å². The van der Waals surface area contributed by atoms with Gasteiger partial charge in [-0.2, -0.15) is 12.7 Å². The Morgan fingerprint density at radius 3 is 2.12 bits per heavy atom. The zero-order chi connectivity index (χ0) is 12.3. The first kappa shape index (κ1) is 13.2. The molecule has 0 aromatic rings. The van der Waals surface area contributed by atoms with Crippen LogP contribution < -0.4 is 10.5 Å². The number of rotatable bonds is 2. The molecule has 0 saturated carbocycles. The Balaban J connectivity index is 2.46. The summed E-state index contributed by atoms with van der Waals surface area (Å²) in [7, 11) is -3.62. The summed E-state index contributed by atoms with van der Waals surface area (Å²) >= 11 is 0. The normalized spacial score (nSPS) is 18.9. The zero-order valence-electron chi connectivity index (χ0n) is 9.51. The molecule has 0 aromatic heterocycles. The molecule has 0 atom stereocenters. The van der Waals surface area contributed by atoms with Gasteiger partial charge in [-0.25, -0.2) is 9.93 Å². The van der Waals surface area contributed by atoms with E-state index < -0.39 is 10.2 Å². The van der Waals surface area contributed by atoms with Crippen LogP contribution >= 0.6 is 0 Å². The van der Waals surface area contributed by atoms with Gasteiger partial charge in [0.25, 0.3) is 10.2 Å². The van der Waals surface area contributed by atoms with Crippen molar-refractivity contribution in [2.75, 3.05) is 26.2 Å². The van der Waals surface area contributed by atoms with E-state index in [4.69, 9.17) is 5.14 Å². The molecular weight excluding hydrogens is 232 g/mol. The van der Waals surface area contributed by atoms with Gasteiger partial charge >= 0.3 is 6.03 Å². The Morgan fingerprint density at radius 2 is 1.75 bits per heavy atom. The van der Waals surface area contributed by atoms with Gasteiger partial charge in [0.2, 0.25) is 0 Å². The second-order valence-electron chi connectivity index (χ2n) is 4.04. The summed E-state index contributed by atoms with van der Waals surface area (Å²) in [5, 5.41) is 7.75. The molecular formula is C8H18N4O3S. The smallest absolute Gasteiger partial charge is 0.317 e. The molecule has 0 spiro atoms. The van der Waals surface area contributed by atoms with Gasteiger partial charge in [0.05, 0.1) is 0 Å². The van der Waals surface area contributed by atoms with E-state index in [0.29, 0.717) is 13.1 Å². The Bertz CT molecular complexity index is 346. The van der Waals surface area contributed by atoms with Crippen LogP contribution in [0, 0.1) is 0 Å². The molecule has 8 heteroatoms. The van der Waals surface area contributed by atoms with Crippen LogP contribution in [0.15, 0.2) is 0 Å². The SMILES string of the molecule is CC(C)NC(=O)N1CCN(S(N)(=O)=O)CC1. The molecule has 7 nitrogen and oxygen atoms in total. The average molecular weight is 250 g/mol. The number of amides is 2. The van der Waals surface area contributed by atoms with Crippen molar-refractivity contribution in [1.82, 2.24) is 14.5 Å². The Labute approximate surface area is 95.8 Å². The number of hydrogen-bond acceptors (Lipinski definition) is 3. The van der Waals surface area contributed by atoms with E-state index >= 15 is 0 Å². The summed E-state index contributed by atoms with van der Waals surface area (Å²) in [5.74, 6) is 0. The van der Waals surface area contributed by atoms with Crippen LogP contribution in [0.5, 0.6) is 0 Å². The van der Waals surface area contributed by atoms with Crippen molar-refractivity contribution in [2.24, 2.45) is 5.14 Å². The fourth-order valence-corrected chi connectivity index (χ4v) is 2.16. The minimum atomic E-state index is -3.62. The standard InChI is InChI=1S/C8H18N4O3S/c1-7(2)10-8(13)11-3-5-12(6-4-11)16(9,14)15/h7H,3-6H2,1-2H3,(H,10,13)(H2,9,14,15). The van der Waals surface area contributed by atoms with Crippen molar-refractivity contribution in [3.8, 4) is 0 Å². The molecule has 1 aliphatic heterocycles. The molecule has 0 aliphatic carbocycles. The maximum Gasteiger partial charge on any atom is 0.317 e. The quantitative estimate of drug-likeness (QED) is 0.653. The van der Waals surface area contributed by atoms with E-state index in [2.05, 4.69) is 5.32 Å². The van der Waals surface area contributed by atoms with Gasteiger partial charge in [-0.3, -0.25) is 0 Å². The third-order valence-electron chi connectivity index (χ3n) is 2.30. The van der Waals surface area contributed by atoms with Crippen LogP contribution in [-0.4, -0.2) is 55.9 Å². The van der Waals surface area contributed by atoms with Gasteiger partial charge in [0, 0.05) is 32.2 Å². The van der Waals surface area contributed by atoms with Gasteiger partial charge in [-0.1, -0.05) is 0 Å². The Hall–Kier alpha value is -0.860.